The fraction of sp³-hybridized carbons (Fsp3) is 0.364. The topological polar surface area (TPSA) is 63.6 Å². The zero-order valence-electron chi connectivity index (χ0n) is 16.9. The van der Waals surface area contributed by atoms with Gasteiger partial charge in [-0.05, 0) is 36.9 Å². The highest BCUT2D eigenvalue weighted by atomic mass is 32.1. The molecule has 152 valence electrons. The molecule has 3 heterocycles. The molecule has 0 fully saturated rings. The van der Waals surface area contributed by atoms with E-state index in [9.17, 15) is 9.59 Å². The van der Waals surface area contributed by atoms with Gasteiger partial charge in [-0.1, -0.05) is 29.8 Å². The van der Waals surface area contributed by atoms with Crippen LogP contribution >= 0.6 is 11.3 Å². The van der Waals surface area contributed by atoms with Crippen LogP contribution in [0.15, 0.2) is 41.8 Å². The largest absolute Gasteiger partial charge is 0.383 e. The van der Waals surface area contributed by atoms with Gasteiger partial charge < -0.3 is 19.5 Å². The van der Waals surface area contributed by atoms with E-state index in [2.05, 4.69) is 11.4 Å². The molecule has 0 saturated heterocycles. The predicted molar refractivity (Wildman–Crippen MR) is 114 cm³/mol. The highest BCUT2D eigenvalue weighted by molar-refractivity contribution is 7.16. The zero-order chi connectivity index (χ0) is 20.6. The molecule has 0 aliphatic carbocycles. The van der Waals surface area contributed by atoms with Crippen LogP contribution in [0.1, 0.15) is 28.5 Å². The van der Waals surface area contributed by atoms with Crippen LogP contribution in [-0.2, 0) is 22.6 Å². The smallest absolute Gasteiger partial charge is 0.271 e. The number of hydrogen-bond donors (Lipinski definition) is 1. The van der Waals surface area contributed by atoms with E-state index in [0.717, 1.165) is 21.3 Å². The average Bonchev–Trinajstić information content (AvgIpc) is 3.28. The molecular weight excluding hydrogens is 386 g/mol. The Kier molecular flexibility index (Phi) is 5.19. The number of methoxy groups -OCH3 is 1. The minimum Gasteiger partial charge on any atom is -0.383 e. The van der Waals surface area contributed by atoms with E-state index in [4.69, 9.17) is 4.74 Å². The molecule has 7 heteroatoms. The van der Waals surface area contributed by atoms with Crippen molar-refractivity contribution in [2.45, 2.75) is 32.5 Å². The Morgan fingerprint density at radius 1 is 1.31 bits per heavy atom. The normalized spacial score (nSPS) is 18.9. The van der Waals surface area contributed by atoms with Gasteiger partial charge in [0.1, 0.15) is 16.1 Å². The highest BCUT2D eigenvalue weighted by Gasteiger charge is 2.47. The average molecular weight is 412 g/mol. The number of hydrogen-bond acceptors (Lipinski definition) is 4. The third-order valence-corrected chi connectivity index (χ3v) is 6.48. The lowest BCUT2D eigenvalue weighted by atomic mass is 9.93. The fourth-order valence-corrected chi connectivity index (χ4v) is 4.85. The number of rotatable bonds is 6. The molecule has 2 amide bonds. The Morgan fingerprint density at radius 2 is 2.14 bits per heavy atom. The second-order valence-corrected chi connectivity index (χ2v) is 8.59. The molecule has 1 atom stereocenters. The van der Waals surface area contributed by atoms with E-state index >= 15 is 0 Å². The van der Waals surface area contributed by atoms with Crippen molar-refractivity contribution in [2.75, 3.05) is 20.3 Å². The van der Waals surface area contributed by atoms with E-state index in [1.165, 1.54) is 0 Å². The maximum absolute atomic E-state index is 13.5. The molecule has 1 aliphatic heterocycles. The number of ether oxygens (including phenoxy) is 1. The van der Waals surface area contributed by atoms with Crippen molar-refractivity contribution < 1.29 is 14.3 Å². The van der Waals surface area contributed by atoms with Gasteiger partial charge in [0.2, 0.25) is 5.91 Å². The molecule has 3 aromatic rings. The van der Waals surface area contributed by atoms with Gasteiger partial charge in [0.15, 0.2) is 0 Å². The van der Waals surface area contributed by atoms with Crippen LogP contribution < -0.4 is 5.32 Å². The molecule has 1 N–H and O–H groups in total. The molecule has 0 saturated carbocycles. The summed E-state index contributed by atoms with van der Waals surface area (Å²) in [7, 11) is 1.60. The van der Waals surface area contributed by atoms with Gasteiger partial charge in [-0.25, -0.2) is 0 Å². The number of fused-ring (bicyclic) bond motifs is 3. The number of amides is 2. The quantitative estimate of drug-likeness (QED) is 0.634. The fourth-order valence-electron chi connectivity index (χ4n) is 3.96. The number of nitrogens with one attached hydrogen (secondary N) is 1. The van der Waals surface area contributed by atoms with Gasteiger partial charge in [-0.2, -0.15) is 0 Å². The number of benzene rings is 1. The molecule has 0 bridgehead atoms. The lowest BCUT2D eigenvalue weighted by molar-refractivity contribution is -0.133. The Labute approximate surface area is 174 Å². The number of aromatic nitrogens is 1. The Balaban J connectivity index is 1.75. The Bertz CT molecular complexity index is 1070. The van der Waals surface area contributed by atoms with Crippen LogP contribution in [-0.4, -0.2) is 47.1 Å². The van der Waals surface area contributed by atoms with Crippen LogP contribution in [0, 0.1) is 6.92 Å². The summed E-state index contributed by atoms with van der Waals surface area (Å²) < 4.78 is 7.05. The third kappa shape index (κ3) is 3.45. The van der Waals surface area contributed by atoms with Crippen LogP contribution in [0.2, 0.25) is 0 Å². The predicted octanol–water partition coefficient (Wildman–Crippen LogP) is 3.19. The maximum Gasteiger partial charge on any atom is 0.271 e. The number of aryl methyl sites for hydroxylation is 1. The number of carbonyl (C=O) groups is 2. The van der Waals surface area contributed by atoms with Crippen molar-refractivity contribution in [3.8, 4) is 0 Å². The van der Waals surface area contributed by atoms with Crippen molar-refractivity contribution in [3.63, 3.8) is 0 Å². The SMILES string of the molecule is COCCNC(=O)[C@]1(C)Cn2c(cc3ccsc32)C(=O)N1Cc1cccc(C)c1. The van der Waals surface area contributed by atoms with Gasteiger partial charge in [-0.15, -0.1) is 11.3 Å². The van der Waals surface area contributed by atoms with Gasteiger partial charge >= 0.3 is 0 Å². The lowest BCUT2D eigenvalue weighted by Crippen LogP contribution is -2.63. The van der Waals surface area contributed by atoms with Crippen molar-refractivity contribution in [1.29, 1.82) is 0 Å². The second-order valence-electron chi connectivity index (χ2n) is 7.70. The summed E-state index contributed by atoms with van der Waals surface area (Å²) in [5.41, 5.74) is 1.78. The van der Waals surface area contributed by atoms with Crippen LogP contribution in [0.3, 0.4) is 0 Å². The first-order valence-electron chi connectivity index (χ1n) is 9.65. The van der Waals surface area contributed by atoms with Crippen LogP contribution in [0.25, 0.3) is 10.2 Å². The number of carbonyl (C=O) groups excluding carboxylic acids is 2. The first kappa shape index (κ1) is 19.7. The van der Waals surface area contributed by atoms with E-state index < -0.39 is 5.54 Å². The molecule has 2 aromatic heterocycles. The minimum absolute atomic E-state index is 0.120. The first-order valence-corrected chi connectivity index (χ1v) is 10.5. The summed E-state index contributed by atoms with van der Waals surface area (Å²) in [6.45, 7) is 5.51. The molecule has 29 heavy (non-hydrogen) atoms. The van der Waals surface area contributed by atoms with E-state index in [1.54, 1.807) is 23.3 Å². The third-order valence-electron chi connectivity index (χ3n) is 5.53. The molecule has 1 aliphatic rings. The summed E-state index contributed by atoms with van der Waals surface area (Å²) in [4.78, 5) is 29.5. The van der Waals surface area contributed by atoms with Gasteiger partial charge in [0.05, 0.1) is 13.2 Å². The number of nitrogens with zero attached hydrogens (tertiary/aromatic N) is 2. The molecule has 0 unspecified atom stereocenters. The second kappa shape index (κ2) is 7.65. The molecule has 1 aromatic carbocycles. The summed E-state index contributed by atoms with van der Waals surface area (Å²) >= 11 is 1.59. The first-order chi connectivity index (χ1) is 13.9. The summed E-state index contributed by atoms with van der Waals surface area (Å²) in [6, 6.07) is 12.0. The van der Waals surface area contributed by atoms with Gasteiger partial charge in [-0.3, -0.25) is 9.59 Å². The lowest BCUT2D eigenvalue weighted by Gasteiger charge is -2.44. The summed E-state index contributed by atoms with van der Waals surface area (Å²) in [5.74, 6) is -0.287. The Morgan fingerprint density at radius 3 is 2.90 bits per heavy atom. The standard InChI is InChI=1S/C22H25N3O3S/c1-15-5-4-6-16(11-15)13-25-19(26)18-12-17-7-10-29-20(17)24(18)14-22(25,2)21(27)23-8-9-28-3/h4-7,10-12H,8-9,13-14H2,1-3H3,(H,23,27)/t22-/m0/s1. The van der Waals surface area contributed by atoms with Crippen LogP contribution in [0.4, 0.5) is 0 Å². The van der Waals surface area contributed by atoms with E-state index in [0.29, 0.717) is 31.9 Å². The monoisotopic (exact) mass is 411 g/mol. The molecule has 4 rings (SSSR count). The van der Waals surface area contributed by atoms with Crippen molar-refractivity contribution in [3.05, 3.63) is 58.6 Å². The van der Waals surface area contributed by atoms with Crippen molar-refractivity contribution >= 4 is 33.4 Å². The summed E-state index contributed by atoms with van der Waals surface area (Å²) in [5, 5.41) is 5.99. The summed E-state index contributed by atoms with van der Waals surface area (Å²) in [6.07, 6.45) is 0. The van der Waals surface area contributed by atoms with Crippen LogP contribution in [0.5, 0.6) is 0 Å². The molecular formula is C22H25N3O3S. The van der Waals surface area contributed by atoms with Gasteiger partial charge in [0, 0.05) is 25.6 Å². The molecule has 6 nitrogen and oxygen atoms in total. The zero-order valence-corrected chi connectivity index (χ0v) is 17.7. The van der Waals surface area contributed by atoms with E-state index in [-0.39, 0.29) is 11.8 Å². The van der Waals surface area contributed by atoms with Crippen molar-refractivity contribution in [2.24, 2.45) is 0 Å². The molecule has 0 spiro atoms. The van der Waals surface area contributed by atoms with Gasteiger partial charge in [0.25, 0.3) is 5.91 Å². The molecule has 0 radical (unpaired) electrons. The van der Waals surface area contributed by atoms with Crippen molar-refractivity contribution in [1.82, 2.24) is 14.8 Å². The highest BCUT2D eigenvalue weighted by Crippen LogP contribution is 2.35. The maximum atomic E-state index is 13.5. The van der Waals surface area contributed by atoms with E-state index in [1.807, 2.05) is 54.1 Å². The number of thiophene rings is 1. The Hall–Kier alpha value is -2.64. The minimum atomic E-state index is -1.00.